The number of ether oxygens (including phenoxy) is 2. The Morgan fingerprint density at radius 1 is 0.921 bits per heavy atom. The van der Waals surface area contributed by atoms with E-state index in [2.05, 4.69) is 34.3 Å². The van der Waals surface area contributed by atoms with Gasteiger partial charge in [-0.2, -0.15) is 0 Å². The van der Waals surface area contributed by atoms with Crippen LogP contribution in [0.15, 0.2) is 78.0 Å². The van der Waals surface area contributed by atoms with Crippen molar-refractivity contribution in [3.63, 3.8) is 0 Å². The van der Waals surface area contributed by atoms with Crippen LogP contribution < -0.4 is 20.1 Å². The molecular weight excluding hydrogens is 496 g/mol. The number of para-hydroxylation sites is 1. The first-order valence-electron chi connectivity index (χ1n) is 12.7. The van der Waals surface area contributed by atoms with E-state index < -0.39 is 0 Å². The summed E-state index contributed by atoms with van der Waals surface area (Å²) in [5.74, 6) is 2.30. The van der Waals surface area contributed by atoms with Gasteiger partial charge in [0.15, 0.2) is 5.16 Å². The highest BCUT2D eigenvalue weighted by molar-refractivity contribution is 7.99. The number of aromatic nitrogens is 2. The minimum Gasteiger partial charge on any atom is -0.497 e. The Labute approximate surface area is 228 Å². The Morgan fingerprint density at radius 3 is 2.16 bits per heavy atom. The van der Waals surface area contributed by atoms with Gasteiger partial charge in [0.05, 0.1) is 25.6 Å². The predicted molar refractivity (Wildman–Crippen MR) is 155 cm³/mol. The molecule has 0 radical (unpaired) electrons. The predicted octanol–water partition coefficient (Wildman–Crippen LogP) is 6.87. The zero-order valence-corrected chi connectivity index (χ0v) is 23.1. The number of urea groups is 1. The number of carbonyl (C=O) groups excluding carboxylic acids is 1. The summed E-state index contributed by atoms with van der Waals surface area (Å²) < 4.78 is 13.0. The molecule has 0 saturated heterocycles. The number of benzene rings is 3. The van der Waals surface area contributed by atoms with Gasteiger partial charge in [-0.1, -0.05) is 36.9 Å². The number of carbonyl (C=O) groups is 1. The lowest BCUT2D eigenvalue weighted by atomic mass is 10.0. The maximum Gasteiger partial charge on any atom is 0.319 e. The number of thioether (sulfide) groups is 1. The van der Waals surface area contributed by atoms with Crippen molar-refractivity contribution in [3.05, 3.63) is 78.4 Å². The minimum atomic E-state index is -0.213. The maximum atomic E-state index is 12.4. The second-order valence-electron chi connectivity index (χ2n) is 8.74. The van der Waals surface area contributed by atoms with Crippen LogP contribution in [-0.2, 0) is 6.54 Å². The van der Waals surface area contributed by atoms with E-state index in [1.807, 2.05) is 67.6 Å². The third kappa shape index (κ3) is 6.50. The van der Waals surface area contributed by atoms with Crippen LogP contribution in [0.2, 0.25) is 0 Å². The average molecular weight is 531 g/mol. The lowest BCUT2D eigenvalue weighted by molar-refractivity contribution is 0.252. The first-order valence-corrected chi connectivity index (χ1v) is 13.6. The summed E-state index contributed by atoms with van der Waals surface area (Å²) in [6.07, 6.45) is 0.964. The Morgan fingerprint density at radius 2 is 1.55 bits per heavy atom. The molecule has 7 nitrogen and oxygen atoms in total. The van der Waals surface area contributed by atoms with E-state index in [1.54, 1.807) is 26.0 Å². The topological polar surface area (TPSA) is 77.4 Å². The zero-order valence-electron chi connectivity index (χ0n) is 22.3. The highest BCUT2D eigenvalue weighted by Crippen LogP contribution is 2.37. The molecule has 3 aromatic carbocycles. The van der Waals surface area contributed by atoms with Gasteiger partial charge >= 0.3 is 6.03 Å². The maximum absolute atomic E-state index is 12.4. The van der Waals surface area contributed by atoms with Gasteiger partial charge in [0.25, 0.3) is 0 Å². The standard InChI is InChI=1S/C30H34N4O3S/c1-5-19-34-28(23-12-16-25(37-4)17-13-23)27(22-10-14-24(36-3)15-11-22)33-30(34)38-20-18-31-29(35)32-26-9-7-6-8-21(26)2/h6-17H,5,18-20H2,1-4H3,(H2,31,32,35). The molecule has 0 spiro atoms. The molecule has 2 N–H and O–H groups in total. The zero-order chi connectivity index (χ0) is 26.9. The molecule has 0 atom stereocenters. The number of nitrogens with one attached hydrogen (secondary N) is 2. The number of anilines is 1. The fourth-order valence-corrected chi connectivity index (χ4v) is 5.03. The average Bonchev–Trinajstić information content (AvgIpc) is 3.30. The minimum absolute atomic E-state index is 0.213. The van der Waals surface area contributed by atoms with Crippen molar-refractivity contribution in [1.29, 1.82) is 0 Å². The van der Waals surface area contributed by atoms with Crippen LogP contribution in [0.1, 0.15) is 18.9 Å². The summed E-state index contributed by atoms with van der Waals surface area (Å²) >= 11 is 1.64. The van der Waals surface area contributed by atoms with Gasteiger partial charge in [-0.05, 0) is 73.5 Å². The third-order valence-corrected chi connectivity index (χ3v) is 7.10. The normalized spacial score (nSPS) is 10.7. The molecule has 0 fully saturated rings. The van der Waals surface area contributed by atoms with Crippen LogP contribution in [0.25, 0.3) is 22.5 Å². The molecule has 0 aliphatic carbocycles. The van der Waals surface area contributed by atoms with Gasteiger partial charge in [-0.25, -0.2) is 9.78 Å². The SMILES string of the molecule is CCCn1c(SCCNC(=O)Nc2ccccc2C)nc(-c2ccc(OC)cc2)c1-c1ccc(OC)cc1. The number of amides is 2. The van der Waals surface area contributed by atoms with E-state index in [-0.39, 0.29) is 6.03 Å². The second-order valence-corrected chi connectivity index (χ2v) is 9.81. The number of imidazole rings is 1. The van der Waals surface area contributed by atoms with E-state index in [0.29, 0.717) is 12.3 Å². The van der Waals surface area contributed by atoms with Gasteiger partial charge in [-0.3, -0.25) is 0 Å². The highest BCUT2D eigenvalue weighted by Gasteiger charge is 2.20. The van der Waals surface area contributed by atoms with Crippen LogP contribution in [-0.4, -0.2) is 42.1 Å². The lowest BCUT2D eigenvalue weighted by Crippen LogP contribution is -2.30. The number of aryl methyl sites for hydroxylation is 1. The van der Waals surface area contributed by atoms with Crippen molar-refractivity contribution in [2.24, 2.45) is 0 Å². The van der Waals surface area contributed by atoms with E-state index in [1.165, 1.54) is 0 Å². The Balaban J connectivity index is 1.56. The van der Waals surface area contributed by atoms with Crippen molar-refractivity contribution >= 4 is 23.5 Å². The van der Waals surface area contributed by atoms with Gasteiger partial charge in [0, 0.05) is 35.7 Å². The van der Waals surface area contributed by atoms with Gasteiger partial charge in [0.2, 0.25) is 0 Å². The fourth-order valence-electron chi connectivity index (χ4n) is 4.15. The summed E-state index contributed by atoms with van der Waals surface area (Å²) in [7, 11) is 3.33. The molecule has 8 heteroatoms. The fraction of sp³-hybridized carbons (Fsp3) is 0.267. The first-order chi connectivity index (χ1) is 18.5. The lowest BCUT2D eigenvalue weighted by Gasteiger charge is -2.13. The Bertz CT molecular complexity index is 1350. The number of methoxy groups -OCH3 is 2. The van der Waals surface area contributed by atoms with Crippen molar-refractivity contribution in [3.8, 4) is 34.0 Å². The van der Waals surface area contributed by atoms with Gasteiger partial charge < -0.3 is 24.7 Å². The number of hydrogen-bond acceptors (Lipinski definition) is 5. The van der Waals surface area contributed by atoms with Crippen molar-refractivity contribution in [1.82, 2.24) is 14.9 Å². The molecule has 0 aliphatic heterocycles. The largest absolute Gasteiger partial charge is 0.497 e. The van der Waals surface area contributed by atoms with E-state index in [0.717, 1.165) is 63.4 Å². The first kappa shape index (κ1) is 27.1. The molecule has 38 heavy (non-hydrogen) atoms. The molecule has 0 unspecified atom stereocenters. The highest BCUT2D eigenvalue weighted by atomic mass is 32.2. The van der Waals surface area contributed by atoms with Crippen LogP contribution in [0.3, 0.4) is 0 Å². The van der Waals surface area contributed by atoms with Crippen molar-refractivity contribution in [2.45, 2.75) is 32.0 Å². The molecule has 2 amide bonds. The third-order valence-electron chi connectivity index (χ3n) is 6.12. The molecular formula is C30H34N4O3S. The molecule has 0 bridgehead atoms. The number of rotatable bonds is 11. The molecule has 1 heterocycles. The molecule has 0 saturated carbocycles. The molecule has 0 aliphatic rings. The van der Waals surface area contributed by atoms with E-state index in [4.69, 9.17) is 14.5 Å². The summed E-state index contributed by atoms with van der Waals surface area (Å²) in [5.41, 5.74) is 5.90. The summed E-state index contributed by atoms with van der Waals surface area (Å²) in [6, 6.07) is 23.6. The number of nitrogens with zero attached hydrogens (tertiary/aromatic N) is 2. The Kier molecular flexibility index (Phi) is 9.32. The van der Waals surface area contributed by atoms with Crippen molar-refractivity contribution < 1.29 is 14.3 Å². The van der Waals surface area contributed by atoms with E-state index >= 15 is 0 Å². The summed E-state index contributed by atoms with van der Waals surface area (Å²) in [6.45, 7) is 5.47. The molecule has 1 aromatic heterocycles. The Hall–Kier alpha value is -3.91. The summed E-state index contributed by atoms with van der Waals surface area (Å²) in [5, 5.41) is 6.79. The van der Waals surface area contributed by atoms with Gasteiger partial charge in [-0.15, -0.1) is 0 Å². The van der Waals surface area contributed by atoms with Crippen LogP contribution in [0.5, 0.6) is 11.5 Å². The van der Waals surface area contributed by atoms with Gasteiger partial charge in [0.1, 0.15) is 11.5 Å². The molecule has 198 valence electrons. The smallest absolute Gasteiger partial charge is 0.319 e. The van der Waals surface area contributed by atoms with Crippen LogP contribution >= 0.6 is 11.8 Å². The van der Waals surface area contributed by atoms with Crippen molar-refractivity contribution in [2.75, 3.05) is 31.8 Å². The van der Waals surface area contributed by atoms with E-state index in [9.17, 15) is 4.79 Å². The van der Waals surface area contributed by atoms with Crippen LogP contribution in [0.4, 0.5) is 10.5 Å². The number of hydrogen-bond donors (Lipinski definition) is 2. The van der Waals surface area contributed by atoms with Crippen LogP contribution in [0, 0.1) is 6.92 Å². The second kappa shape index (κ2) is 13.1. The molecule has 4 rings (SSSR count). The molecule has 4 aromatic rings. The monoisotopic (exact) mass is 530 g/mol. The quantitative estimate of drug-likeness (QED) is 0.164. The summed E-state index contributed by atoms with van der Waals surface area (Å²) in [4.78, 5) is 17.5.